The number of hydrogen-bond acceptors (Lipinski definition) is 6. The molecule has 1 aliphatic heterocycles. The first-order valence-corrected chi connectivity index (χ1v) is 9.01. The SMILES string of the molecule is COc1ccccc1NC(=O)[C@H](C)OC(=O)c1ccc(N2C(=O)CCC2=O)cc1. The number of anilines is 2. The van der Waals surface area contributed by atoms with Gasteiger partial charge < -0.3 is 14.8 Å². The largest absolute Gasteiger partial charge is 0.495 e. The molecule has 1 heterocycles. The fourth-order valence-corrected chi connectivity index (χ4v) is 2.88. The van der Waals surface area contributed by atoms with E-state index in [1.54, 1.807) is 24.3 Å². The Hall–Kier alpha value is -3.68. The van der Waals surface area contributed by atoms with E-state index in [0.717, 1.165) is 4.90 Å². The first-order valence-electron chi connectivity index (χ1n) is 9.01. The highest BCUT2D eigenvalue weighted by Crippen LogP contribution is 2.24. The van der Waals surface area contributed by atoms with Crippen molar-refractivity contribution in [2.24, 2.45) is 0 Å². The molecule has 29 heavy (non-hydrogen) atoms. The molecule has 0 aliphatic carbocycles. The Labute approximate surface area is 167 Å². The maximum absolute atomic E-state index is 12.3. The van der Waals surface area contributed by atoms with Crippen molar-refractivity contribution >= 4 is 35.1 Å². The summed E-state index contributed by atoms with van der Waals surface area (Å²) >= 11 is 0. The number of nitrogens with zero attached hydrogens (tertiary/aromatic N) is 1. The molecule has 3 rings (SSSR count). The number of benzene rings is 2. The maximum atomic E-state index is 12.3. The Morgan fingerprint density at radius 3 is 2.24 bits per heavy atom. The highest BCUT2D eigenvalue weighted by Gasteiger charge is 2.30. The van der Waals surface area contributed by atoms with Gasteiger partial charge in [0.25, 0.3) is 5.91 Å². The van der Waals surface area contributed by atoms with Crippen LogP contribution in [-0.2, 0) is 19.1 Å². The molecular formula is C21H20N2O6. The van der Waals surface area contributed by atoms with E-state index >= 15 is 0 Å². The molecule has 1 N–H and O–H groups in total. The molecule has 0 saturated carbocycles. The number of carbonyl (C=O) groups is 4. The average Bonchev–Trinajstić information content (AvgIpc) is 3.06. The number of carbonyl (C=O) groups excluding carboxylic acids is 4. The van der Waals surface area contributed by atoms with Crippen LogP contribution in [-0.4, -0.2) is 36.9 Å². The molecule has 0 unspecified atom stereocenters. The summed E-state index contributed by atoms with van der Waals surface area (Å²) in [5.74, 6) is -1.26. The number of para-hydroxylation sites is 2. The fourth-order valence-electron chi connectivity index (χ4n) is 2.88. The van der Waals surface area contributed by atoms with Crippen molar-refractivity contribution in [2.45, 2.75) is 25.9 Å². The van der Waals surface area contributed by atoms with E-state index in [4.69, 9.17) is 9.47 Å². The maximum Gasteiger partial charge on any atom is 0.338 e. The molecule has 0 bridgehead atoms. The number of methoxy groups -OCH3 is 1. The molecule has 2 aromatic rings. The Kier molecular flexibility index (Phi) is 5.92. The molecule has 1 saturated heterocycles. The van der Waals surface area contributed by atoms with Crippen molar-refractivity contribution in [2.75, 3.05) is 17.3 Å². The predicted molar refractivity (Wildman–Crippen MR) is 105 cm³/mol. The summed E-state index contributed by atoms with van der Waals surface area (Å²) in [5.41, 5.74) is 1.06. The lowest BCUT2D eigenvalue weighted by Crippen LogP contribution is -2.30. The van der Waals surface area contributed by atoms with Crippen molar-refractivity contribution in [1.29, 1.82) is 0 Å². The van der Waals surface area contributed by atoms with Crippen LogP contribution in [0.1, 0.15) is 30.1 Å². The number of rotatable bonds is 6. The van der Waals surface area contributed by atoms with E-state index in [9.17, 15) is 19.2 Å². The van der Waals surface area contributed by atoms with E-state index in [-0.39, 0.29) is 30.2 Å². The van der Waals surface area contributed by atoms with E-state index in [1.807, 2.05) is 0 Å². The highest BCUT2D eigenvalue weighted by atomic mass is 16.5. The van der Waals surface area contributed by atoms with E-state index < -0.39 is 18.0 Å². The molecule has 8 heteroatoms. The molecule has 150 valence electrons. The number of imide groups is 1. The van der Waals surface area contributed by atoms with Crippen LogP contribution >= 0.6 is 0 Å². The van der Waals surface area contributed by atoms with Gasteiger partial charge in [0.15, 0.2) is 6.10 Å². The predicted octanol–water partition coefficient (Wildman–Crippen LogP) is 2.53. The average molecular weight is 396 g/mol. The molecular weight excluding hydrogens is 376 g/mol. The summed E-state index contributed by atoms with van der Waals surface area (Å²) in [6.45, 7) is 1.46. The molecule has 2 aromatic carbocycles. The molecule has 8 nitrogen and oxygen atoms in total. The number of amides is 3. The zero-order valence-corrected chi connectivity index (χ0v) is 16.0. The second-order valence-corrected chi connectivity index (χ2v) is 6.41. The van der Waals surface area contributed by atoms with Gasteiger partial charge in [-0.2, -0.15) is 0 Å². The topological polar surface area (TPSA) is 102 Å². The standard InChI is InChI=1S/C21H20N2O6/c1-13(20(26)22-16-5-3-4-6-17(16)28-2)29-21(27)14-7-9-15(10-8-14)23-18(24)11-12-19(23)25/h3-10,13H,11-12H2,1-2H3,(H,22,26)/t13-/m0/s1. The smallest absolute Gasteiger partial charge is 0.338 e. The van der Waals surface area contributed by atoms with E-state index in [1.165, 1.54) is 38.3 Å². The van der Waals surface area contributed by atoms with E-state index in [0.29, 0.717) is 17.1 Å². The van der Waals surface area contributed by atoms with Crippen LogP contribution in [0.3, 0.4) is 0 Å². The second-order valence-electron chi connectivity index (χ2n) is 6.41. The number of hydrogen-bond donors (Lipinski definition) is 1. The number of nitrogens with one attached hydrogen (secondary N) is 1. The van der Waals surface area contributed by atoms with Gasteiger partial charge in [-0.05, 0) is 43.3 Å². The van der Waals surface area contributed by atoms with Gasteiger partial charge in [-0.1, -0.05) is 12.1 Å². The third kappa shape index (κ3) is 4.43. The molecule has 0 radical (unpaired) electrons. The zero-order valence-electron chi connectivity index (χ0n) is 16.0. The Balaban J connectivity index is 1.62. The first kappa shape index (κ1) is 20.1. The molecule has 1 aliphatic rings. The third-order valence-corrected chi connectivity index (χ3v) is 4.43. The van der Waals surface area contributed by atoms with Gasteiger partial charge in [-0.15, -0.1) is 0 Å². The van der Waals surface area contributed by atoms with Crippen LogP contribution in [0, 0.1) is 0 Å². The van der Waals surface area contributed by atoms with Crippen LogP contribution in [0.15, 0.2) is 48.5 Å². The minimum absolute atomic E-state index is 0.182. The highest BCUT2D eigenvalue weighted by molar-refractivity contribution is 6.19. The Bertz CT molecular complexity index is 938. The minimum Gasteiger partial charge on any atom is -0.495 e. The lowest BCUT2D eigenvalue weighted by molar-refractivity contribution is -0.124. The molecule has 3 amide bonds. The summed E-state index contributed by atoms with van der Waals surface area (Å²) in [7, 11) is 1.49. The number of ether oxygens (including phenoxy) is 2. The quantitative estimate of drug-likeness (QED) is 0.595. The van der Waals surface area contributed by atoms with Crippen LogP contribution in [0.4, 0.5) is 11.4 Å². The molecule has 0 aromatic heterocycles. The summed E-state index contributed by atoms with van der Waals surface area (Å²) < 4.78 is 10.4. The lowest BCUT2D eigenvalue weighted by atomic mass is 10.2. The molecule has 0 spiro atoms. The Morgan fingerprint density at radius 2 is 1.62 bits per heavy atom. The van der Waals surface area contributed by atoms with Crippen molar-refractivity contribution in [3.63, 3.8) is 0 Å². The number of esters is 1. The van der Waals surface area contributed by atoms with Crippen molar-refractivity contribution in [3.8, 4) is 5.75 Å². The minimum atomic E-state index is -1.05. The summed E-state index contributed by atoms with van der Waals surface area (Å²) in [4.78, 5) is 49.3. The molecule has 1 fully saturated rings. The van der Waals surface area contributed by atoms with Crippen molar-refractivity contribution in [1.82, 2.24) is 0 Å². The summed E-state index contributed by atoms with van der Waals surface area (Å²) in [6.07, 6.45) is -0.683. The van der Waals surface area contributed by atoms with Gasteiger partial charge in [0, 0.05) is 12.8 Å². The first-order chi connectivity index (χ1) is 13.9. The van der Waals surface area contributed by atoms with E-state index in [2.05, 4.69) is 5.32 Å². The third-order valence-electron chi connectivity index (χ3n) is 4.43. The van der Waals surface area contributed by atoms with Gasteiger partial charge in [0.2, 0.25) is 11.8 Å². The summed E-state index contributed by atoms with van der Waals surface area (Å²) in [5, 5.41) is 2.65. The van der Waals surface area contributed by atoms with Gasteiger partial charge in [-0.25, -0.2) is 4.79 Å². The Morgan fingerprint density at radius 1 is 1.00 bits per heavy atom. The zero-order chi connectivity index (χ0) is 21.0. The van der Waals surface area contributed by atoms with Crippen molar-refractivity contribution < 1.29 is 28.7 Å². The second kappa shape index (κ2) is 8.55. The lowest BCUT2D eigenvalue weighted by Gasteiger charge is -2.16. The van der Waals surface area contributed by atoms with Gasteiger partial charge in [0.05, 0.1) is 24.0 Å². The van der Waals surface area contributed by atoms with Crippen LogP contribution in [0.2, 0.25) is 0 Å². The van der Waals surface area contributed by atoms with Crippen LogP contribution in [0.5, 0.6) is 5.75 Å². The van der Waals surface area contributed by atoms with Crippen LogP contribution in [0.25, 0.3) is 0 Å². The van der Waals surface area contributed by atoms with Crippen LogP contribution < -0.4 is 15.0 Å². The molecule has 1 atom stereocenters. The fraction of sp³-hybridized carbons (Fsp3) is 0.238. The van der Waals surface area contributed by atoms with Gasteiger partial charge in [0.1, 0.15) is 5.75 Å². The summed E-state index contributed by atoms with van der Waals surface area (Å²) in [6, 6.07) is 12.8. The van der Waals surface area contributed by atoms with Crippen molar-refractivity contribution in [3.05, 3.63) is 54.1 Å². The van der Waals surface area contributed by atoms with Gasteiger partial charge >= 0.3 is 5.97 Å². The monoisotopic (exact) mass is 396 g/mol. The normalized spacial score (nSPS) is 14.5. The van der Waals surface area contributed by atoms with Gasteiger partial charge in [-0.3, -0.25) is 19.3 Å².